The predicted molar refractivity (Wildman–Crippen MR) is 121 cm³/mol. The molecule has 4 atom stereocenters. The van der Waals surface area contributed by atoms with E-state index in [0.29, 0.717) is 0 Å². The van der Waals surface area contributed by atoms with Gasteiger partial charge in [0.1, 0.15) is 6.61 Å². The Kier molecular flexibility index (Phi) is 6.62. The van der Waals surface area contributed by atoms with E-state index in [4.69, 9.17) is 16.3 Å². The minimum Gasteiger partial charge on any atom is -0.458 e. The second kappa shape index (κ2) is 8.65. The van der Waals surface area contributed by atoms with Crippen molar-refractivity contribution in [3.05, 3.63) is 52.4 Å². The van der Waals surface area contributed by atoms with E-state index >= 15 is 0 Å². The third-order valence-electron chi connectivity index (χ3n) is 5.86. The minimum absolute atomic E-state index is 0.0897. The first kappa shape index (κ1) is 24.5. The number of hydrogen-bond donors (Lipinski definition) is 1. The van der Waals surface area contributed by atoms with Crippen LogP contribution in [0.3, 0.4) is 0 Å². The monoisotopic (exact) mass is 481 g/mol. The molecule has 1 aromatic rings. The molecule has 32 heavy (non-hydrogen) atoms. The summed E-state index contributed by atoms with van der Waals surface area (Å²) in [5.41, 5.74) is 1.11. The van der Waals surface area contributed by atoms with Crippen LogP contribution in [0.2, 0.25) is 0 Å². The summed E-state index contributed by atoms with van der Waals surface area (Å²) in [6.45, 7) is 10.8. The topological polar surface area (TPSA) is 101 Å². The Morgan fingerprint density at radius 2 is 1.94 bits per heavy atom. The van der Waals surface area contributed by atoms with Gasteiger partial charge in [-0.05, 0) is 42.0 Å². The van der Waals surface area contributed by atoms with E-state index < -0.39 is 45.8 Å². The van der Waals surface area contributed by atoms with Crippen LogP contribution in [-0.4, -0.2) is 55.1 Å². The molecule has 0 aromatic heterocycles. The highest BCUT2D eigenvalue weighted by Gasteiger charge is 2.59. The van der Waals surface area contributed by atoms with Crippen LogP contribution < -0.4 is 0 Å². The van der Waals surface area contributed by atoms with Gasteiger partial charge in [0.15, 0.2) is 15.9 Å². The quantitative estimate of drug-likeness (QED) is 0.495. The molecule has 2 aliphatic rings. The van der Waals surface area contributed by atoms with Crippen LogP contribution in [0.1, 0.15) is 39.7 Å². The molecular weight excluding hydrogens is 454 g/mol. The molecule has 0 bridgehead atoms. The summed E-state index contributed by atoms with van der Waals surface area (Å²) in [5.74, 6) is -1.88. The van der Waals surface area contributed by atoms with Crippen molar-refractivity contribution < 1.29 is 27.9 Å². The van der Waals surface area contributed by atoms with Gasteiger partial charge >= 0.3 is 5.97 Å². The predicted octanol–water partition coefficient (Wildman–Crippen LogP) is 2.92. The SMILES string of the molecule is C=C(Cl)COC(=O)C1C(=CS(=O)(=O)c2ccc(C(C)(C)C)cc2)C[C@H]2[C@H]([C@@H](C)O)C(=O)N12. The van der Waals surface area contributed by atoms with E-state index in [0.717, 1.165) is 11.0 Å². The summed E-state index contributed by atoms with van der Waals surface area (Å²) in [5, 5.41) is 11.1. The van der Waals surface area contributed by atoms with Gasteiger partial charge in [0.25, 0.3) is 0 Å². The minimum atomic E-state index is -3.89. The first-order valence-electron chi connectivity index (χ1n) is 10.3. The Bertz CT molecular complexity index is 1070. The molecule has 2 heterocycles. The summed E-state index contributed by atoms with van der Waals surface area (Å²) < 4.78 is 31.3. The van der Waals surface area contributed by atoms with Gasteiger partial charge < -0.3 is 14.7 Å². The van der Waals surface area contributed by atoms with Crippen molar-refractivity contribution in [1.29, 1.82) is 0 Å². The first-order valence-corrected chi connectivity index (χ1v) is 12.2. The zero-order valence-electron chi connectivity index (χ0n) is 18.5. The van der Waals surface area contributed by atoms with Crippen LogP contribution in [0.5, 0.6) is 0 Å². The average molecular weight is 482 g/mol. The molecule has 2 saturated heterocycles. The Hall–Kier alpha value is -2.16. The molecule has 1 N–H and O–H groups in total. The summed E-state index contributed by atoms with van der Waals surface area (Å²) in [4.78, 5) is 26.7. The second-order valence-electron chi connectivity index (χ2n) is 9.32. The third kappa shape index (κ3) is 4.63. The number of nitrogens with zero attached hydrogens (tertiary/aromatic N) is 1. The van der Waals surface area contributed by atoms with E-state index in [2.05, 4.69) is 6.58 Å². The Morgan fingerprint density at radius 3 is 2.44 bits per heavy atom. The standard InChI is InChI=1S/C23H28ClNO6S/c1-13(24)11-31-22(28)20-15(10-18-19(14(2)26)21(27)25(18)20)12-32(29,30)17-8-6-16(7-9-17)23(3,4)5/h6-9,12,14,18-20,26H,1,10-11H2,2-5H3/t14-,18+,19+,20?/m1/s1. The second-order valence-corrected chi connectivity index (χ2v) is 11.7. The van der Waals surface area contributed by atoms with Crippen molar-refractivity contribution in [2.75, 3.05) is 6.61 Å². The van der Waals surface area contributed by atoms with E-state index in [-0.39, 0.29) is 33.9 Å². The number of amides is 1. The van der Waals surface area contributed by atoms with Crippen LogP contribution in [0.15, 0.2) is 51.8 Å². The molecule has 1 unspecified atom stereocenters. The van der Waals surface area contributed by atoms with Crippen molar-refractivity contribution in [2.24, 2.45) is 5.92 Å². The van der Waals surface area contributed by atoms with Gasteiger partial charge in [0, 0.05) is 10.4 Å². The van der Waals surface area contributed by atoms with E-state index in [1.165, 1.54) is 24.0 Å². The number of halogens is 1. The zero-order valence-corrected chi connectivity index (χ0v) is 20.1. The average Bonchev–Trinajstić information content (AvgIpc) is 2.98. The lowest BCUT2D eigenvalue weighted by atomic mass is 9.84. The normalized spacial score (nSPS) is 25.3. The van der Waals surface area contributed by atoms with E-state index in [9.17, 15) is 23.1 Å². The largest absolute Gasteiger partial charge is 0.458 e. The number of ether oxygens (including phenoxy) is 1. The highest BCUT2D eigenvalue weighted by Crippen LogP contribution is 2.45. The number of esters is 1. The maximum atomic E-state index is 13.1. The fraction of sp³-hybridized carbons (Fsp3) is 0.478. The molecule has 9 heteroatoms. The summed E-state index contributed by atoms with van der Waals surface area (Å²) in [7, 11) is -3.89. The lowest BCUT2D eigenvalue weighted by Gasteiger charge is -2.45. The Labute approximate surface area is 193 Å². The Morgan fingerprint density at radius 1 is 1.34 bits per heavy atom. The zero-order chi connectivity index (χ0) is 24.0. The van der Waals surface area contributed by atoms with Gasteiger partial charge in [0.05, 0.1) is 23.0 Å². The van der Waals surface area contributed by atoms with Gasteiger partial charge in [0.2, 0.25) is 5.91 Å². The molecule has 2 fully saturated rings. The number of aliphatic hydroxyl groups is 1. The van der Waals surface area contributed by atoms with Gasteiger partial charge in [-0.1, -0.05) is 51.1 Å². The van der Waals surface area contributed by atoms with Crippen molar-refractivity contribution in [2.45, 2.75) is 62.6 Å². The molecular formula is C23H28ClNO6S. The van der Waals surface area contributed by atoms with Crippen LogP contribution in [0.25, 0.3) is 0 Å². The summed E-state index contributed by atoms with van der Waals surface area (Å²) in [6, 6.07) is 4.94. The molecule has 174 valence electrons. The molecule has 0 radical (unpaired) electrons. The molecule has 3 rings (SSSR count). The molecule has 7 nitrogen and oxygen atoms in total. The number of aliphatic hydroxyl groups excluding tert-OH is 1. The van der Waals surface area contributed by atoms with Gasteiger partial charge in [-0.25, -0.2) is 13.2 Å². The fourth-order valence-corrected chi connectivity index (χ4v) is 5.54. The summed E-state index contributed by atoms with van der Waals surface area (Å²) >= 11 is 5.67. The highest BCUT2D eigenvalue weighted by molar-refractivity contribution is 7.94. The van der Waals surface area contributed by atoms with Gasteiger partial charge in [-0.15, -0.1) is 0 Å². The molecule has 1 aromatic carbocycles. The van der Waals surface area contributed by atoms with Gasteiger partial charge in [-0.3, -0.25) is 4.79 Å². The van der Waals surface area contributed by atoms with E-state index in [1.807, 2.05) is 20.8 Å². The van der Waals surface area contributed by atoms with Crippen molar-refractivity contribution in [3.8, 4) is 0 Å². The number of carbonyl (C=O) groups is 2. The number of benzene rings is 1. The molecule has 0 spiro atoms. The smallest absolute Gasteiger partial charge is 0.333 e. The number of fused-ring (bicyclic) bond motifs is 1. The van der Waals surface area contributed by atoms with Crippen LogP contribution in [-0.2, 0) is 29.6 Å². The van der Waals surface area contributed by atoms with Crippen LogP contribution in [0.4, 0.5) is 0 Å². The molecule has 0 saturated carbocycles. The number of carbonyl (C=O) groups excluding carboxylic acids is 2. The molecule has 1 amide bonds. The maximum absolute atomic E-state index is 13.1. The maximum Gasteiger partial charge on any atom is 0.333 e. The van der Waals surface area contributed by atoms with Crippen molar-refractivity contribution in [1.82, 2.24) is 4.90 Å². The van der Waals surface area contributed by atoms with Crippen molar-refractivity contribution >= 4 is 33.3 Å². The summed E-state index contributed by atoms with van der Waals surface area (Å²) in [6.07, 6.45) is -0.758. The Balaban J connectivity index is 1.96. The molecule has 0 aliphatic carbocycles. The van der Waals surface area contributed by atoms with E-state index in [1.54, 1.807) is 12.1 Å². The van der Waals surface area contributed by atoms with Crippen molar-refractivity contribution in [3.63, 3.8) is 0 Å². The number of hydrogen-bond acceptors (Lipinski definition) is 6. The molecule has 2 aliphatic heterocycles. The third-order valence-corrected chi connectivity index (χ3v) is 7.51. The lowest BCUT2D eigenvalue weighted by Crippen LogP contribution is -2.64. The number of rotatable bonds is 6. The van der Waals surface area contributed by atoms with Crippen LogP contribution in [0, 0.1) is 5.92 Å². The lowest BCUT2D eigenvalue weighted by molar-refractivity contribution is -0.170. The van der Waals surface area contributed by atoms with Crippen LogP contribution >= 0.6 is 11.6 Å². The van der Waals surface area contributed by atoms with Gasteiger partial charge in [-0.2, -0.15) is 0 Å². The fourth-order valence-electron chi connectivity index (χ4n) is 4.21. The number of sulfone groups is 1. The highest BCUT2D eigenvalue weighted by atomic mass is 35.5. The number of β-lactam (4-membered cyclic amide) rings is 1. The first-order chi connectivity index (χ1) is 14.7.